The number of para-hydroxylation sites is 2. The summed E-state index contributed by atoms with van der Waals surface area (Å²) < 4.78 is 6.00. The highest BCUT2D eigenvalue weighted by atomic mass is 16.5. The summed E-state index contributed by atoms with van der Waals surface area (Å²) in [6.45, 7) is 5.51. The number of ether oxygens (including phenoxy) is 1. The van der Waals surface area contributed by atoms with E-state index in [4.69, 9.17) is 4.74 Å². The number of carbonyl (C=O) groups is 1. The molecule has 0 unspecified atom stereocenters. The van der Waals surface area contributed by atoms with E-state index in [2.05, 4.69) is 17.1 Å². The van der Waals surface area contributed by atoms with Gasteiger partial charge in [0.15, 0.2) is 0 Å². The van der Waals surface area contributed by atoms with Crippen LogP contribution in [0.4, 0.5) is 0 Å². The van der Waals surface area contributed by atoms with Crippen LogP contribution in [0.5, 0.6) is 11.5 Å². The molecule has 1 saturated heterocycles. The topological polar surface area (TPSA) is 41.6 Å². The number of piperidine rings is 1. The van der Waals surface area contributed by atoms with Crippen molar-refractivity contribution in [1.82, 2.24) is 10.2 Å². The zero-order valence-electron chi connectivity index (χ0n) is 15.3. The Morgan fingerprint density at radius 3 is 2.19 bits per heavy atom. The van der Waals surface area contributed by atoms with Gasteiger partial charge in [0.25, 0.3) is 0 Å². The largest absolute Gasteiger partial charge is 0.457 e. The van der Waals surface area contributed by atoms with E-state index in [1.807, 2.05) is 48.5 Å². The predicted octanol–water partition coefficient (Wildman–Crippen LogP) is 3.91. The first kappa shape index (κ1) is 17.1. The Balaban J connectivity index is 1.53. The first-order valence-corrected chi connectivity index (χ1v) is 9.64. The molecular formula is C22H26N2O2. The summed E-state index contributed by atoms with van der Waals surface area (Å²) in [6.07, 6.45) is 3.24. The van der Waals surface area contributed by atoms with Crippen LogP contribution in [0.2, 0.25) is 0 Å². The molecule has 0 aromatic heterocycles. The van der Waals surface area contributed by atoms with Crippen molar-refractivity contribution in [2.75, 3.05) is 19.6 Å². The summed E-state index contributed by atoms with van der Waals surface area (Å²) >= 11 is 0. The van der Waals surface area contributed by atoms with E-state index in [1.165, 1.54) is 6.42 Å². The number of fused-ring (bicyclic) bond motifs is 2. The first-order chi connectivity index (χ1) is 12.8. The van der Waals surface area contributed by atoms with E-state index in [0.717, 1.165) is 55.1 Å². The molecule has 26 heavy (non-hydrogen) atoms. The van der Waals surface area contributed by atoms with E-state index in [1.54, 1.807) is 0 Å². The van der Waals surface area contributed by atoms with Gasteiger partial charge in [0.1, 0.15) is 11.5 Å². The molecule has 2 aliphatic heterocycles. The van der Waals surface area contributed by atoms with Crippen LogP contribution in [0.3, 0.4) is 0 Å². The van der Waals surface area contributed by atoms with Crippen LogP contribution in [0.25, 0.3) is 0 Å². The second kappa shape index (κ2) is 7.50. The van der Waals surface area contributed by atoms with Gasteiger partial charge in [0.05, 0.1) is 5.92 Å². The lowest BCUT2D eigenvalue weighted by Crippen LogP contribution is -2.46. The highest BCUT2D eigenvalue weighted by Gasteiger charge is 2.33. The summed E-state index contributed by atoms with van der Waals surface area (Å²) in [6, 6.07) is 16.0. The summed E-state index contributed by atoms with van der Waals surface area (Å²) in [5.41, 5.74) is 1.90. The minimum atomic E-state index is -0.301. The molecule has 4 rings (SSSR count). The third-order valence-corrected chi connectivity index (χ3v) is 5.42. The van der Waals surface area contributed by atoms with Crippen molar-refractivity contribution in [2.45, 2.75) is 38.1 Å². The van der Waals surface area contributed by atoms with E-state index in [9.17, 15) is 4.79 Å². The predicted molar refractivity (Wildman–Crippen MR) is 103 cm³/mol. The first-order valence-electron chi connectivity index (χ1n) is 9.64. The number of nitrogens with zero attached hydrogens (tertiary/aromatic N) is 1. The molecule has 0 spiro atoms. The van der Waals surface area contributed by atoms with Gasteiger partial charge in [-0.05, 0) is 37.9 Å². The second-order valence-electron chi connectivity index (χ2n) is 7.24. The molecule has 1 N–H and O–H groups in total. The van der Waals surface area contributed by atoms with Gasteiger partial charge in [-0.1, -0.05) is 43.3 Å². The Morgan fingerprint density at radius 2 is 1.62 bits per heavy atom. The molecule has 1 fully saturated rings. The van der Waals surface area contributed by atoms with Crippen molar-refractivity contribution >= 4 is 5.91 Å². The minimum absolute atomic E-state index is 0.0853. The fourth-order valence-electron chi connectivity index (χ4n) is 4.09. The van der Waals surface area contributed by atoms with Crippen molar-refractivity contribution < 1.29 is 9.53 Å². The van der Waals surface area contributed by atoms with Gasteiger partial charge in [-0.3, -0.25) is 4.79 Å². The minimum Gasteiger partial charge on any atom is -0.457 e. The van der Waals surface area contributed by atoms with Crippen molar-refractivity contribution in [2.24, 2.45) is 0 Å². The number of likely N-dealkylation sites (tertiary alicyclic amines) is 1. The van der Waals surface area contributed by atoms with Crippen LogP contribution < -0.4 is 10.1 Å². The van der Waals surface area contributed by atoms with Crippen LogP contribution in [0.15, 0.2) is 48.5 Å². The maximum atomic E-state index is 13.2. The molecule has 2 aliphatic rings. The van der Waals surface area contributed by atoms with Gasteiger partial charge in [0, 0.05) is 30.3 Å². The SMILES string of the molecule is CCCN1CCC(NC(=O)C2c3ccccc3Oc3ccccc32)CC1. The maximum absolute atomic E-state index is 13.2. The Hall–Kier alpha value is -2.33. The van der Waals surface area contributed by atoms with Gasteiger partial charge in [-0.25, -0.2) is 0 Å². The number of benzene rings is 2. The third-order valence-electron chi connectivity index (χ3n) is 5.42. The standard InChI is InChI=1S/C22H26N2O2/c1-2-13-24-14-11-16(12-15-24)23-22(25)21-17-7-3-5-9-19(17)26-20-10-6-4-8-18(20)21/h3-10,16,21H,2,11-15H2,1H3,(H,23,25). The molecule has 2 aromatic carbocycles. The fraction of sp³-hybridized carbons (Fsp3) is 0.409. The van der Waals surface area contributed by atoms with E-state index >= 15 is 0 Å². The monoisotopic (exact) mass is 350 g/mol. The molecular weight excluding hydrogens is 324 g/mol. The molecule has 2 heterocycles. The lowest BCUT2D eigenvalue weighted by Gasteiger charge is -2.34. The lowest BCUT2D eigenvalue weighted by molar-refractivity contribution is -0.122. The van der Waals surface area contributed by atoms with Crippen molar-refractivity contribution in [3.8, 4) is 11.5 Å². The number of rotatable bonds is 4. The third kappa shape index (κ3) is 3.34. The normalized spacial score (nSPS) is 17.9. The highest BCUT2D eigenvalue weighted by Crippen LogP contribution is 2.43. The van der Waals surface area contributed by atoms with Crippen molar-refractivity contribution in [3.05, 3.63) is 59.7 Å². The molecule has 0 saturated carbocycles. The zero-order chi connectivity index (χ0) is 17.9. The second-order valence-corrected chi connectivity index (χ2v) is 7.24. The number of hydrogen-bond acceptors (Lipinski definition) is 3. The molecule has 0 radical (unpaired) electrons. The van der Waals surface area contributed by atoms with Gasteiger partial charge >= 0.3 is 0 Å². The van der Waals surface area contributed by atoms with Crippen LogP contribution in [0.1, 0.15) is 43.2 Å². The van der Waals surface area contributed by atoms with E-state index in [-0.39, 0.29) is 17.9 Å². The molecule has 0 atom stereocenters. The lowest BCUT2D eigenvalue weighted by atomic mass is 9.87. The van der Waals surface area contributed by atoms with Crippen LogP contribution in [0, 0.1) is 0 Å². The summed E-state index contributed by atoms with van der Waals surface area (Å²) in [7, 11) is 0. The fourth-order valence-corrected chi connectivity index (χ4v) is 4.09. The number of hydrogen-bond donors (Lipinski definition) is 1. The quantitative estimate of drug-likeness (QED) is 0.909. The number of carbonyl (C=O) groups excluding carboxylic acids is 1. The molecule has 0 bridgehead atoms. The number of amides is 1. The number of nitrogens with one attached hydrogen (secondary N) is 1. The molecule has 0 aliphatic carbocycles. The Kier molecular flexibility index (Phi) is 4.93. The average Bonchev–Trinajstić information content (AvgIpc) is 2.67. The van der Waals surface area contributed by atoms with Gasteiger partial charge in [-0.15, -0.1) is 0 Å². The summed E-state index contributed by atoms with van der Waals surface area (Å²) in [5.74, 6) is 1.35. The van der Waals surface area contributed by atoms with Gasteiger partial charge < -0.3 is 15.0 Å². The highest BCUT2D eigenvalue weighted by molar-refractivity contribution is 5.89. The van der Waals surface area contributed by atoms with Gasteiger partial charge in [0.2, 0.25) is 5.91 Å². The molecule has 4 heteroatoms. The Bertz CT molecular complexity index is 736. The molecule has 136 valence electrons. The van der Waals surface area contributed by atoms with E-state index in [0.29, 0.717) is 0 Å². The Morgan fingerprint density at radius 1 is 1.04 bits per heavy atom. The van der Waals surface area contributed by atoms with Crippen LogP contribution >= 0.6 is 0 Å². The van der Waals surface area contributed by atoms with E-state index < -0.39 is 0 Å². The van der Waals surface area contributed by atoms with Crippen LogP contribution in [-0.4, -0.2) is 36.5 Å². The molecule has 1 amide bonds. The maximum Gasteiger partial charge on any atom is 0.232 e. The average molecular weight is 350 g/mol. The molecule has 2 aromatic rings. The summed E-state index contributed by atoms with van der Waals surface area (Å²) in [4.78, 5) is 15.7. The van der Waals surface area contributed by atoms with Gasteiger partial charge in [-0.2, -0.15) is 0 Å². The smallest absolute Gasteiger partial charge is 0.232 e. The Labute approximate surface area is 155 Å². The summed E-state index contributed by atoms with van der Waals surface area (Å²) in [5, 5.41) is 3.31. The van der Waals surface area contributed by atoms with Crippen molar-refractivity contribution in [1.29, 1.82) is 0 Å². The molecule has 4 nitrogen and oxygen atoms in total. The van der Waals surface area contributed by atoms with Crippen LogP contribution in [-0.2, 0) is 4.79 Å². The van der Waals surface area contributed by atoms with Crippen molar-refractivity contribution in [3.63, 3.8) is 0 Å². The zero-order valence-corrected chi connectivity index (χ0v) is 15.3.